The zero-order chi connectivity index (χ0) is 38.9. The maximum Gasteiger partial charge on any atom is 0.264 e. The average Bonchev–Trinajstić information content (AvgIpc) is 3.87. The molecule has 4 heterocycles. The molecule has 1 aromatic heterocycles. The number of aliphatic hydroxyl groups excluding tert-OH is 1. The van der Waals surface area contributed by atoms with E-state index >= 15 is 0 Å². The number of halogens is 1. The Bertz CT molecular complexity index is 2210. The second kappa shape index (κ2) is 15.7. The molecule has 12 heteroatoms. The maximum absolute atomic E-state index is 14.3. The van der Waals surface area contributed by atoms with E-state index in [4.69, 9.17) is 11.6 Å². The van der Waals surface area contributed by atoms with Gasteiger partial charge in [-0.2, -0.15) is 0 Å². The number of carbonyl (C=O) groups excluding carboxylic acids is 2. The first-order valence-corrected chi connectivity index (χ1v) is 19.6. The minimum Gasteiger partial charge on any atom is -0.395 e. The molecule has 3 aliphatic heterocycles. The van der Waals surface area contributed by atoms with Gasteiger partial charge in [-0.3, -0.25) is 19.2 Å². The number of nitrogens with one attached hydrogen (secondary N) is 1. The Labute approximate surface area is 331 Å². The van der Waals surface area contributed by atoms with Gasteiger partial charge in [0.2, 0.25) is 0 Å². The van der Waals surface area contributed by atoms with Gasteiger partial charge in [-0.05, 0) is 85.9 Å². The minimum atomic E-state index is -1.83. The number of aliphatic hydroxyl groups is 2. The smallest absolute Gasteiger partial charge is 0.264 e. The second-order valence-electron chi connectivity index (χ2n) is 15.0. The highest BCUT2D eigenvalue weighted by atomic mass is 35.5. The molecule has 1 spiro atoms. The lowest BCUT2D eigenvalue weighted by Gasteiger charge is -2.39. The summed E-state index contributed by atoms with van der Waals surface area (Å²) in [7, 11) is 0. The summed E-state index contributed by atoms with van der Waals surface area (Å²) in [5, 5.41) is 34.7. The van der Waals surface area contributed by atoms with Gasteiger partial charge in [-0.15, -0.1) is 5.10 Å². The fourth-order valence-corrected chi connectivity index (χ4v) is 8.66. The summed E-state index contributed by atoms with van der Waals surface area (Å²) in [5.74, 6) is -1.15. The number of aromatic nitrogens is 3. The molecule has 0 radical (unpaired) electrons. The Morgan fingerprint density at radius 1 is 0.911 bits per heavy atom. The maximum atomic E-state index is 14.3. The van der Waals surface area contributed by atoms with Crippen LogP contribution in [0.15, 0.2) is 121 Å². The molecular formula is C44H46ClN7O4. The largest absolute Gasteiger partial charge is 0.395 e. The van der Waals surface area contributed by atoms with Crippen LogP contribution in [0.3, 0.4) is 0 Å². The fraction of sp³-hybridized carbons (Fsp3) is 0.318. The van der Waals surface area contributed by atoms with Crippen LogP contribution in [-0.4, -0.2) is 68.9 Å². The van der Waals surface area contributed by atoms with Crippen molar-refractivity contribution < 1.29 is 19.8 Å². The first-order valence-electron chi connectivity index (χ1n) is 19.2. The molecule has 2 fully saturated rings. The number of anilines is 3. The highest BCUT2D eigenvalue weighted by Gasteiger charge is 2.54. The van der Waals surface area contributed by atoms with E-state index in [2.05, 4.69) is 32.7 Å². The van der Waals surface area contributed by atoms with E-state index in [1.54, 1.807) is 27.8 Å². The molecule has 0 saturated carbocycles. The fourth-order valence-electron chi connectivity index (χ4n) is 8.49. The Kier molecular flexibility index (Phi) is 10.5. The average molecular weight is 772 g/mol. The summed E-state index contributed by atoms with van der Waals surface area (Å²) in [6, 6.07) is 32.8. The molecule has 1 unspecified atom stereocenters. The van der Waals surface area contributed by atoms with Gasteiger partial charge in [-0.1, -0.05) is 96.6 Å². The van der Waals surface area contributed by atoms with Crippen molar-refractivity contribution in [3.8, 4) is 0 Å². The summed E-state index contributed by atoms with van der Waals surface area (Å²) in [5.41, 5.74) is 3.01. The van der Waals surface area contributed by atoms with E-state index in [0.29, 0.717) is 41.6 Å². The highest BCUT2D eigenvalue weighted by Crippen LogP contribution is 2.47. The summed E-state index contributed by atoms with van der Waals surface area (Å²) in [6.07, 6.45) is 7.70. The van der Waals surface area contributed by atoms with Gasteiger partial charge >= 0.3 is 0 Å². The molecule has 3 atom stereocenters. The van der Waals surface area contributed by atoms with Crippen LogP contribution in [0.25, 0.3) is 0 Å². The predicted octanol–water partition coefficient (Wildman–Crippen LogP) is 6.01. The standard InChI is InChI=1S/C44H46ClN7O4/c1-31(10-8-9-25-49-28-39(47-48-49)37(29-53)33-11-4-2-5-12-33)44(56)38-26-34(45)17-20-40(38)50(42(44)55)27-32-15-18-35(19-16-32)51-30-52(36-13-6-3-7-14-36)43(41(51)54)21-23-46-24-22-43/h2-8,10-20,26,28,31,37,46,53,56H,9,21-25,27,29-30H2,1H3/b10-8+/t31-,37?,44+/m1/s1. The van der Waals surface area contributed by atoms with Crippen molar-refractivity contribution in [1.29, 1.82) is 0 Å². The number of piperidine rings is 1. The molecule has 2 amide bonds. The molecule has 2 saturated heterocycles. The summed E-state index contributed by atoms with van der Waals surface area (Å²) in [4.78, 5) is 34.2. The number of carbonyl (C=O) groups is 2. The van der Waals surface area contributed by atoms with Gasteiger partial charge in [0.05, 0.1) is 37.1 Å². The highest BCUT2D eigenvalue weighted by molar-refractivity contribution is 6.31. The van der Waals surface area contributed by atoms with Gasteiger partial charge in [0.15, 0.2) is 5.60 Å². The number of rotatable bonds is 12. The summed E-state index contributed by atoms with van der Waals surface area (Å²) < 4.78 is 1.73. The second-order valence-corrected chi connectivity index (χ2v) is 15.4. The number of hydrogen-bond donors (Lipinski definition) is 3. The van der Waals surface area contributed by atoms with Crippen molar-refractivity contribution in [3.63, 3.8) is 0 Å². The number of nitrogens with zero attached hydrogens (tertiary/aromatic N) is 6. The summed E-state index contributed by atoms with van der Waals surface area (Å²) >= 11 is 6.44. The molecule has 11 nitrogen and oxygen atoms in total. The van der Waals surface area contributed by atoms with Crippen molar-refractivity contribution >= 4 is 40.5 Å². The topological polar surface area (TPSA) is 127 Å². The normalized spacial score (nSPS) is 20.3. The van der Waals surface area contributed by atoms with Gasteiger partial charge < -0.3 is 25.3 Å². The first-order chi connectivity index (χ1) is 27.2. The Morgan fingerprint density at radius 3 is 2.34 bits per heavy atom. The van der Waals surface area contributed by atoms with E-state index in [0.717, 1.165) is 48.4 Å². The summed E-state index contributed by atoms with van der Waals surface area (Å²) in [6.45, 7) is 4.54. The van der Waals surface area contributed by atoms with Crippen LogP contribution >= 0.6 is 11.6 Å². The van der Waals surface area contributed by atoms with E-state index in [9.17, 15) is 19.8 Å². The molecule has 0 bridgehead atoms. The molecule has 5 aromatic rings. The number of allylic oxidation sites excluding steroid dienone is 1. The number of hydrogen-bond acceptors (Lipinski definition) is 8. The third kappa shape index (κ3) is 6.79. The third-order valence-corrected chi connectivity index (χ3v) is 11.9. The van der Waals surface area contributed by atoms with Crippen LogP contribution in [-0.2, 0) is 28.3 Å². The molecule has 288 valence electrons. The van der Waals surface area contributed by atoms with Gasteiger partial charge in [0.25, 0.3) is 11.8 Å². The van der Waals surface area contributed by atoms with Crippen LogP contribution in [0.2, 0.25) is 5.02 Å². The number of amides is 2. The Morgan fingerprint density at radius 2 is 1.62 bits per heavy atom. The lowest BCUT2D eigenvalue weighted by Crippen LogP contribution is -2.55. The van der Waals surface area contributed by atoms with Crippen LogP contribution in [0, 0.1) is 5.92 Å². The van der Waals surface area contributed by atoms with Crippen molar-refractivity contribution in [2.75, 3.05) is 41.1 Å². The molecule has 4 aromatic carbocycles. The number of fused-ring (bicyclic) bond motifs is 1. The van der Waals surface area contributed by atoms with Crippen molar-refractivity contribution in [3.05, 3.63) is 149 Å². The molecule has 56 heavy (non-hydrogen) atoms. The van der Waals surface area contributed by atoms with Crippen molar-refractivity contribution in [2.24, 2.45) is 5.92 Å². The Balaban J connectivity index is 0.957. The zero-order valence-corrected chi connectivity index (χ0v) is 32.1. The van der Waals surface area contributed by atoms with Gasteiger partial charge in [0, 0.05) is 40.6 Å². The SMILES string of the molecule is C[C@H](/C=C/CCn1cc(C(CO)c2ccccc2)nn1)[C@@]1(O)C(=O)N(Cc2ccc(N3CN(c4ccccc4)C4(CCNCC4)C3=O)cc2)c2ccc(Cl)cc21. The van der Waals surface area contributed by atoms with Crippen molar-refractivity contribution in [1.82, 2.24) is 20.3 Å². The monoisotopic (exact) mass is 771 g/mol. The molecule has 0 aliphatic carbocycles. The van der Waals surface area contributed by atoms with E-state index in [1.165, 1.54) is 0 Å². The lowest BCUT2D eigenvalue weighted by molar-refractivity contribution is -0.139. The van der Waals surface area contributed by atoms with E-state index in [-0.39, 0.29) is 25.0 Å². The lowest BCUT2D eigenvalue weighted by atomic mass is 9.83. The molecule has 3 aliphatic rings. The predicted molar refractivity (Wildman–Crippen MR) is 217 cm³/mol. The van der Waals surface area contributed by atoms with Crippen LogP contribution in [0.5, 0.6) is 0 Å². The van der Waals surface area contributed by atoms with Crippen LogP contribution in [0.1, 0.15) is 54.5 Å². The van der Waals surface area contributed by atoms with Gasteiger partial charge in [0.1, 0.15) is 5.54 Å². The van der Waals surface area contributed by atoms with Crippen molar-refractivity contribution in [2.45, 2.75) is 56.3 Å². The zero-order valence-electron chi connectivity index (χ0n) is 31.3. The number of aryl methyl sites for hydroxylation is 1. The van der Waals surface area contributed by atoms with E-state index < -0.39 is 23.0 Å². The molecule has 8 rings (SSSR count). The number of para-hydroxylation sites is 1. The number of benzene rings is 4. The minimum absolute atomic E-state index is 0.0764. The quantitative estimate of drug-likeness (QED) is 0.132. The third-order valence-electron chi connectivity index (χ3n) is 11.7. The molecule has 3 N–H and O–H groups in total. The van der Waals surface area contributed by atoms with Crippen LogP contribution in [0.4, 0.5) is 17.1 Å². The van der Waals surface area contributed by atoms with Crippen LogP contribution < -0.4 is 20.0 Å². The Hall–Kier alpha value is -5.33. The van der Waals surface area contributed by atoms with Gasteiger partial charge in [-0.25, -0.2) is 0 Å². The van der Waals surface area contributed by atoms with E-state index in [1.807, 2.05) is 103 Å². The first kappa shape index (κ1) is 37.6. The molecular weight excluding hydrogens is 726 g/mol.